The summed E-state index contributed by atoms with van der Waals surface area (Å²) < 4.78 is 39.7. The Morgan fingerprint density at radius 3 is 2.36 bits per heavy atom. The highest BCUT2D eigenvalue weighted by molar-refractivity contribution is 7.89. The van der Waals surface area contributed by atoms with Crippen molar-refractivity contribution in [2.45, 2.75) is 42.8 Å². The van der Waals surface area contributed by atoms with Crippen LogP contribution in [-0.4, -0.2) is 69.2 Å². The van der Waals surface area contributed by atoms with Crippen molar-refractivity contribution in [2.75, 3.05) is 38.3 Å². The molecule has 11 heteroatoms. The number of nitrogens with zero attached hydrogens (tertiary/aromatic N) is 3. The SMILES string of the molecule is CN(CC1CCCO1)S(=O)(=O)c1ccc(C(=O)N(CC2CCCO2)c2nc3ccc(Cl)cc3s2)cc1. The lowest BCUT2D eigenvalue weighted by Crippen LogP contribution is -2.37. The number of fused-ring (bicyclic) bond motifs is 1. The van der Waals surface area contributed by atoms with Gasteiger partial charge in [0.1, 0.15) is 0 Å². The van der Waals surface area contributed by atoms with E-state index in [1.807, 2.05) is 12.1 Å². The molecule has 2 aromatic carbocycles. The Labute approximate surface area is 219 Å². The number of halogens is 1. The first-order valence-electron chi connectivity index (χ1n) is 12.0. The number of thiazole rings is 1. The zero-order valence-corrected chi connectivity index (χ0v) is 22.3. The van der Waals surface area contributed by atoms with E-state index in [1.165, 1.54) is 27.8 Å². The Morgan fingerprint density at radius 1 is 1.06 bits per heavy atom. The van der Waals surface area contributed by atoms with E-state index in [9.17, 15) is 13.2 Å². The molecular weight excluding hydrogens is 522 g/mol. The van der Waals surface area contributed by atoms with Crippen molar-refractivity contribution in [1.29, 1.82) is 0 Å². The molecule has 0 N–H and O–H groups in total. The van der Waals surface area contributed by atoms with Gasteiger partial charge in [-0.1, -0.05) is 22.9 Å². The van der Waals surface area contributed by atoms with Gasteiger partial charge >= 0.3 is 0 Å². The van der Waals surface area contributed by atoms with Crippen molar-refractivity contribution in [3.8, 4) is 0 Å². The lowest BCUT2D eigenvalue weighted by atomic mass is 10.2. The summed E-state index contributed by atoms with van der Waals surface area (Å²) in [4.78, 5) is 20.1. The predicted molar refractivity (Wildman–Crippen MR) is 141 cm³/mol. The van der Waals surface area contributed by atoms with Gasteiger partial charge in [0, 0.05) is 37.4 Å². The summed E-state index contributed by atoms with van der Waals surface area (Å²) in [5.74, 6) is -0.257. The summed E-state index contributed by atoms with van der Waals surface area (Å²) >= 11 is 7.54. The van der Waals surface area contributed by atoms with Crippen molar-refractivity contribution in [3.05, 3.63) is 53.1 Å². The molecule has 3 heterocycles. The van der Waals surface area contributed by atoms with Crippen LogP contribution in [0.1, 0.15) is 36.0 Å². The third-order valence-corrected chi connectivity index (χ3v) is 9.63. The zero-order valence-electron chi connectivity index (χ0n) is 19.9. The quantitative estimate of drug-likeness (QED) is 0.409. The molecule has 0 aliphatic carbocycles. The molecule has 1 amide bonds. The van der Waals surface area contributed by atoms with E-state index in [1.54, 1.807) is 30.1 Å². The molecule has 5 rings (SSSR count). The summed E-state index contributed by atoms with van der Waals surface area (Å²) in [5.41, 5.74) is 1.14. The molecule has 2 aliphatic heterocycles. The van der Waals surface area contributed by atoms with Gasteiger partial charge in [0.25, 0.3) is 5.91 Å². The van der Waals surface area contributed by atoms with Crippen LogP contribution in [0.2, 0.25) is 5.02 Å². The average molecular weight is 550 g/mol. The van der Waals surface area contributed by atoms with Crippen LogP contribution in [0.4, 0.5) is 5.13 Å². The van der Waals surface area contributed by atoms with E-state index >= 15 is 0 Å². The number of sulfonamides is 1. The van der Waals surface area contributed by atoms with E-state index < -0.39 is 10.0 Å². The van der Waals surface area contributed by atoms with E-state index in [0.717, 1.165) is 35.9 Å². The van der Waals surface area contributed by atoms with Gasteiger partial charge in [0.15, 0.2) is 5.13 Å². The minimum atomic E-state index is -3.70. The molecule has 2 atom stereocenters. The fourth-order valence-electron chi connectivity index (χ4n) is 4.52. The second-order valence-electron chi connectivity index (χ2n) is 9.10. The summed E-state index contributed by atoms with van der Waals surface area (Å²) in [6, 6.07) is 11.5. The highest BCUT2D eigenvalue weighted by Crippen LogP contribution is 2.32. The van der Waals surface area contributed by atoms with Gasteiger partial charge in [0.05, 0.1) is 33.9 Å². The smallest absolute Gasteiger partial charge is 0.260 e. The number of carbonyl (C=O) groups is 1. The van der Waals surface area contributed by atoms with E-state index in [2.05, 4.69) is 4.98 Å². The zero-order chi connectivity index (χ0) is 25.3. The van der Waals surface area contributed by atoms with Crippen LogP contribution in [0.5, 0.6) is 0 Å². The number of hydrogen-bond acceptors (Lipinski definition) is 7. The first-order valence-corrected chi connectivity index (χ1v) is 14.6. The number of likely N-dealkylation sites (N-methyl/N-ethyl adjacent to an activating group) is 1. The van der Waals surface area contributed by atoms with Crippen molar-refractivity contribution >= 4 is 54.2 Å². The molecule has 2 fully saturated rings. The second kappa shape index (κ2) is 10.7. The minimum Gasteiger partial charge on any atom is -0.377 e. The fourth-order valence-corrected chi connectivity index (χ4v) is 6.97. The largest absolute Gasteiger partial charge is 0.377 e. The van der Waals surface area contributed by atoms with Crippen LogP contribution >= 0.6 is 22.9 Å². The standard InChI is InChI=1S/C25H28ClN3O5S2/c1-28(15-19-4-2-12-33-19)36(31,32)21-9-6-17(7-10-21)24(30)29(16-20-5-3-13-34-20)25-27-22-11-8-18(26)14-23(22)35-25/h6-11,14,19-20H,2-5,12-13,15-16H2,1H3. The van der Waals surface area contributed by atoms with Crippen LogP contribution in [-0.2, 0) is 19.5 Å². The fraction of sp³-hybridized carbons (Fsp3) is 0.440. The Balaban J connectivity index is 1.39. The highest BCUT2D eigenvalue weighted by atomic mass is 35.5. The maximum atomic E-state index is 13.6. The van der Waals surface area contributed by atoms with Gasteiger partial charge in [-0.15, -0.1) is 0 Å². The summed E-state index contributed by atoms with van der Waals surface area (Å²) in [5, 5.41) is 1.16. The molecule has 2 aliphatic rings. The maximum absolute atomic E-state index is 13.6. The number of hydrogen-bond donors (Lipinski definition) is 0. The monoisotopic (exact) mass is 549 g/mol. The molecule has 192 valence electrons. The van der Waals surface area contributed by atoms with E-state index in [-0.39, 0.29) is 23.0 Å². The molecule has 1 aromatic heterocycles. The first-order chi connectivity index (χ1) is 17.3. The van der Waals surface area contributed by atoms with Gasteiger partial charge in [-0.2, -0.15) is 4.31 Å². The molecule has 2 unspecified atom stereocenters. The van der Waals surface area contributed by atoms with Crippen LogP contribution in [0, 0.1) is 0 Å². The number of amides is 1. The molecule has 0 bridgehead atoms. The van der Waals surface area contributed by atoms with Crippen molar-refractivity contribution in [1.82, 2.24) is 9.29 Å². The highest BCUT2D eigenvalue weighted by Gasteiger charge is 2.29. The lowest BCUT2D eigenvalue weighted by molar-refractivity contribution is 0.0917. The first kappa shape index (κ1) is 25.6. The van der Waals surface area contributed by atoms with Crippen LogP contribution in [0.15, 0.2) is 47.4 Å². The molecule has 8 nitrogen and oxygen atoms in total. The third-order valence-electron chi connectivity index (χ3n) is 6.52. The Hall–Kier alpha value is -2.08. The number of carbonyl (C=O) groups excluding carboxylic acids is 1. The second-order valence-corrected chi connectivity index (χ2v) is 12.6. The van der Waals surface area contributed by atoms with Crippen molar-refractivity contribution in [3.63, 3.8) is 0 Å². The molecule has 36 heavy (non-hydrogen) atoms. The molecule has 0 radical (unpaired) electrons. The van der Waals surface area contributed by atoms with Crippen LogP contribution < -0.4 is 4.90 Å². The Morgan fingerprint density at radius 2 is 1.72 bits per heavy atom. The summed E-state index contributed by atoms with van der Waals surface area (Å²) in [6.45, 7) is 2.02. The molecular formula is C25H28ClN3O5S2. The van der Waals surface area contributed by atoms with E-state index in [0.29, 0.717) is 42.0 Å². The molecule has 2 saturated heterocycles. The molecule has 0 saturated carbocycles. The number of rotatable bonds is 8. The minimum absolute atomic E-state index is 0.0735. The normalized spacial score (nSPS) is 20.4. The third kappa shape index (κ3) is 5.44. The predicted octanol–water partition coefficient (Wildman–Crippen LogP) is 4.58. The summed E-state index contributed by atoms with van der Waals surface area (Å²) in [6.07, 6.45) is 3.46. The van der Waals surface area contributed by atoms with Crippen LogP contribution in [0.3, 0.4) is 0 Å². The number of anilines is 1. The van der Waals surface area contributed by atoms with Crippen molar-refractivity contribution in [2.24, 2.45) is 0 Å². The topological polar surface area (TPSA) is 89.0 Å². The molecule has 0 spiro atoms. The average Bonchev–Trinajstić information content (AvgIpc) is 3.64. The van der Waals surface area contributed by atoms with Crippen LogP contribution in [0.25, 0.3) is 10.2 Å². The van der Waals surface area contributed by atoms with Gasteiger partial charge < -0.3 is 9.47 Å². The Kier molecular flexibility index (Phi) is 7.62. The number of ether oxygens (including phenoxy) is 2. The van der Waals surface area contributed by atoms with Gasteiger partial charge in [0.2, 0.25) is 10.0 Å². The summed E-state index contributed by atoms with van der Waals surface area (Å²) in [7, 11) is -2.14. The maximum Gasteiger partial charge on any atom is 0.260 e. The van der Waals surface area contributed by atoms with Crippen molar-refractivity contribution < 1.29 is 22.7 Å². The molecule has 3 aromatic rings. The van der Waals surface area contributed by atoms with E-state index in [4.69, 9.17) is 21.1 Å². The Bertz CT molecular complexity index is 1330. The van der Waals surface area contributed by atoms with Gasteiger partial charge in [-0.05, 0) is 68.1 Å². The number of aromatic nitrogens is 1. The van der Waals surface area contributed by atoms with Gasteiger partial charge in [-0.25, -0.2) is 13.4 Å². The number of benzene rings is 2. The lowest BCUT2D eigenvalue weighted by Gasteiger charge is -2.23. The van der Waals surface area contributed by atoms with Gasteiger partial charge in [-0.3, -0.25) is 9.69 Å².